The van der Waals surface area contributed by atoms with E-state index in [1.54, 1.807) is 6.92 Å². The van der Waals surface area contributed by atoms with Gasteiger partial charge in [0.1, 0.15) is 19.0 Å². The van der Waals surface area contributed by atoms with Crippen LogP contribution in [-0.4, -0.2) is 24.3 Å². The van der Waals surface area contributed by atoms with E-state index in [2.05, 4.69) is 69.0 Å². The predicted octanol–water partition coefficient (Wildman–Crippen LogP) is 7.87. The third kappa shape index (κ3) is 6.73. The number of hydrogen-bond acceptors (Lipinski definition) is 4. The summed E-state index contributed by atoms with van der Waals surface area (Å²) in [6, 6.07) is 21.3. The first-order chi connectivity index (χ1) is 18.4. The number of aliphatic hydroxyl groups excluding tert-OH is 1. The molecule has 3 aromatic rings. The van der Waals surface area contributed by atoms with Crippen LogP contribution < -0.4 is 4.74 Å². The normalized spacial score (nSPS) is 17.2. The highest BCUT2D eigenvalue weighted by atomic mass is 16.5. The Morgan fingerprint density at radius 3 is 2.24 bits per heavy atom. The zero-order valence-electron chi connectivity index (χ0n) is 23.0. The Morgan fingerprint density at radius 1 is 0.921 bits per heavy atom. The number of benzene rings is 3. The maximum atomic E-state index is 12.2. The van der Waals surface area contributed by atoms with Gasteiger partial charge in [-0.25, -0.2) is 4.79 Å². The van der Waals surface area contributed by atoms with Gasteiger partial charge < -0.3 is 14.6 Å². The summed E-state index contributed by atoms with van der Waals surface area (Å²) in [5.41, 5.74) is 8.58. The Balaban J connectivity index is 1.65. The summed E-state index contributed by atoms with van der Waals surface area (Å²) in [6.07, 6.45) is 5.85. The third-order valence-corrected chi connectivity index (χ3v) is 7.65. The molecule has 200 valence electrons. The predicted molar refractivity (Wildman–Crippen MR) is 154 cm³/mol. The lowest BCUT2D eigenvalue weighted by Crippen LogP contribution is -2.12. The van der Waals surface area contributed by atoms with E-state index in [4.69, 9.17) is 14.6 Å². The molecule has 0 heterocycles. The van der Waals surface area contributed by atoms with E-state index in [9.17, 15) is 4.79 Å². The van der Waals surface area contributed by atoms with Crippen molar-refractivity contribution >= 4 is 5.97 Å². The zero-order valence-corrected chi connectivity index (χ0v) is 23.0. The molecule has 4 nitrogen and oxygen atoms in total. The van der Waals surface area contributed by atoms with Gasteiger partial charge in [0.25, 0.3) is 0 Å². The summed E-state index contributed by atoms with van der Waals surface area (Å²) < 4.78 is 11.1. The van der Waals surface area contributed by atoms with Gasteiger partial charge in [-0.05, 0) is 89.1 Å². The minimum Gasteiger partial charge on any atom is -0.491 e. The lowest BCUT2D eigenvalue weighted by atomic mass is 9.78. The smallest absolute Gasteiger partial charge is 0.333 e. The molecule has 3 aromatic carbocycles. The van der Waals surface area contributed by atoms with Gasteiger partial charge in [-0.15, -0.1) is 0 Å². The van der Waals surface area contributed by atoms with Crippen molar-refractivity contribution in [3.63, 3.8) is 0 Å². The summed E-state index contributed by atoms with van der Waals surface area (Å²) in [4.78, 5) is 12.2. The van der Waals surface area contributed by atoms with Gasteiger partial charge in [0.15, 0.2) is 0 Å². The maximum Gasteiger partial charge on any atom is 0.333 e. The third-order valence-electron chi connectivity index (χ3n) is 7.65. The van der Waals surface area contributed by atoms with E-state index in [0.717, 1.165) is 40.3 Å². The highest BCUT2D eigenvalue weighted by Crippen LogP contribution is 2.38. The molecule has 38 heavy (non-hydrogen) atoms. The van der Waals surface area contributed by atoms with Crippen molar-refractivity contribution < 1.29 is 19.4 Å². The van der Waals surface area contributed by atoms with E-state index in [0.29, 0.717) is 11.5 Å². The molecule has 4 rings (SSSR count). The quantitative estimate of drug-likeness (QED) is 0.222. The van der Waals surface area contributed by atoms with Gasteiger partial charge in [-0.1, -0.05) is 81.8 Å². The zero-order chi connectivity index (χ0) is 27.1. The van der Waals surface area contributed by atoms with E-state index >= 15 is 0 Å². The summed E-state index contributed by atoms with van der Waals surface area (Å²) in [5.74, 6) is 1.76. The number of ether oxygens (including phenoxy) is 2. The molecule has 0 spiro atoms. The number of hydrogen-bond donors (Lipinski definition) is 1. The standard InChI is InChI=1S/C34H40O4/c1-5-25-20-29(13-17-32(25)27-10-14-31(15-11-27)37-19-18-35)33-16-12-28(26-8-6-24(4)7-9-26)21-30(33)22-38-34(36)23(2)3/h10-17,20-21,24,26,35H,2,5-9,18-19,22H2,1,3-4H3. The number of esters is 1. The molecule has 1 N–H and O–H groups in total. The average molecular weight is 513 g/mol. The molecule has 0 aromatic heterocycles. The lowest BCUT2D eigenvalue weighted by molar-refractivity contribution is -0.140. The Hall–Kier alpha value is -3.37. The van der Waals surface area contributed by atoms with Crippen LogP contribution in [0.5, 0.6) is 5.75 Å². The van der Waals surface area contributed by atoms with E-state index in [1.165, 1.54) is 42.4 Å². The first-order valence-corrected chi connectivity index (χ1v) is 13.8. The lowest BCUT2D eigenvalue weighted by Gasteiger charge is -2.27. The first kappa shape index (κ1) is 27.7. The molecule has 1 aliphatic rings. The van der Waals surface area contributed by atoms with Gasteiger partial charge in [-0.3, -0.25) is 0 Å². The van der Waals surface area contributed by atoms with Crippen LogP contribution in [0.2, 0.25) is 0 Å². The van der Waals surface area contributed by atoms with Crippen molar-refractivity contribution in [1.82, 2.24) is 0 Å². The molecule has 0 radical (unpaired) electrons. The molecular formula is C34H40O4. The number of rotatable bonds is 10. The van der Waals surface area contributed by atoms with Crippen LogP contribution >= 0.6 is 0 Å². The minimum absolute atomic E-state index is 0.00157. The molecule has 0 amide bonds. The second-order valence-electron chi connectivity index (χ2n) is 10.6. The van der Waals surface area contributed by atoms with Crippen molar-refractivity contribution in [1.29, 1.82) is 0 Å². The maximum absolute atomic E-state index is 12.2. The Kier molecular flexibility index (Phi) is 9.41. The van der Waals surface area contributed by atoms with Gasteiger partial charge in [-0.2, -0.15) is 0 Å². The number of aliphatic hydroxyl groups is 1. The van der Waals surface area contributed by atoms with Crippen LogP contribution in [0.4, 0.5) is 0 Å². The van der Waals surface area contributed by atoms with Crippen molar-refractivity contribution in [3.05, 3.63) is 89.5 Å². The number of carbonyl (C=O) groups is 1. The fourth-order valence-electron chi connectivity index (χ4n) is 5.36. The monoisotopic (exact) mass is 512 g/mol. The molecule has 1 saturated carbocycles. The second-order valence-corrected chi connectivity index (χ2v) is 10.6. The summed E-state index contributed by atoms with van der Waals surface area (Å²) in [5, 5.41) is 8.99. The molecule has 0 unspecified atom stereocenters. The molecule has 0 atom stereocenters. The van der Waals surface area contributed by atoms with Crippen LogP contribution in [0.25, 0.3) is 22.3 Å². The minimum atomic E-state index is -0.358. The fraction of sp³-hybridized carbons (Fsp3) is 0.382. The van der Waals surface area contributed by atoms with E-state index < -0.39 is 0 Å². The van der Waals surface area contributed by atoms with Gasteiger partial charge in [0.05, 0.1) is 6.61 Å². The van der Waals surface area contributed by atoms with Gasteiger partial charge in [0.2, 0.25) is 0 Å². The molecule has 0 aliphatic heterocycles. The van der Waals surface area contributed by atoms with Crippen molar-refractivity contribution in [2.45, 2.75) is 65.4 Å². The fourth-order valence-corrected chi connectivity index (χ4v) is 5.36. The molecule has 0 saturated heterocycles. The van der Waals surface area contributed by atoms with Crippen molar-refractivity contribution in [3.8, 4) is 28.0 Å². The van der Waals surface area contributed by atoms with Crippen LogP contribution in [0.3, 0.4) is 0 Å². The van der Waals surface area contributed by atoms with E-state index in [1.807, 2.05) is 12.1 Å². The van der Waals surface area contributed by atoms with E-state index in [-0.39, 0.29) is 25.8 Å². The number of carbonyl (C=O) groups excluding carboxylic acids is 1. The molecule has 4 heteroatoms. The SMILES string of the molecule is C=C(C)C(=O)OCc1cc(C2CCC(C)CC2)ccc1-c1ccc(-c2ccc(OCCO)cc2)c(CC)c1. The van der Waals surface area contributed by atoms with Crippen molar-refractivity contribution in [2.24, 2.45) is 5.92 Å². The van der Waals surface area contributed by atoms with Crippen LogP contribution in [-0.2, 0) is 22.6 Å². The molecular weight excluding hydrogens is 472 g/mol. The number of aryl methyl sites for hydroxylation is 1. The summed E-state index contributed by atoms with van der Waals surface area (Å²) >= 11 is 0. The Bertz CT molecular complexity index is 1250. The highest BCUT2D eigenvalue weighted by molar-refractivity contribution is 5.87. The Morgan fingerprint density at radius 2 is 1.58 bits per heavy atom. The topological polar surface area (TPSA) is 55.8 Å². The van der Waals surface area contributed by atoms with Crippen LogP contribution in [0.1, 0.15) is 69.1 Å². The van der Waals surface area contributed by atoms with Gasteiger partial charge in [0, 0.05) is 5.57 Å². The molecule has 1 fully saturated rings. The summed E-state index contributed by atoms with van der Waals surface area (Å²) in [7, 11) is 0. The van der Waals surface area contributed by atoms with Crippen molar-refractivity contribution in [2.75, 3.05) is 13.2 Å². The Labute approximate surface area is 227 Å². The summed E-state index contributed by atoms with van der Waals surface area (Å²) in [6.45, 7) is 10.4. The van der Waals surface area contributed by atoms with Crippen LogP contribution in [0.15, 0.2) is 72.8 Å². The largest absolute Gasteiger partial charge is 0.491 e. The first-order valence-electron chi connectivity index (χ1n) is 13.8. The molecule has 0 bridgehead atoms. The highest BCUT2D eigenvalue weighted by Gasteiger charge is 2.21. The van der Waals surface area contributed by atoms with Gasteiger partial charge >= 0.3 is 5.97 Å². The average Bonchev–Trinajstić information content (AvgIpc) is 2.95. The second kappa shape index (κ2) is 12.9. The van der Waals surface area contributed by atoms with Crippen LogP contribution in [0, 0.1) is 5.92 Å². The molecule has 1 aliphatic carbocycles.